The molecule has 0 radical (unpaired) electrons. The molecule has 2 unspecified atom stereocenters. The Bertz CT molecular complexity index is 509. The monoisotopic (exact) mass is 466 g/mol. The van der Waals surface area contributed by atoms with E-state index >= 15 is 0 Å². The minimum atomic E-state index is -2.35. The fraction of sp³-hybridized carbons (Fsp3) is 0.786. The molecule has 0 aromatic heterocycles. The Morgan fingerprint density at radius 2 is 1.06 bits per heavy atom. The summed E-state index contributed by atoms with van der Waals surface area (Å²) in [5.41, 5.74) is 1.06. The largest absolute Gasteiger partial charge is 0.328 e. The topological polar surface area (TPSA) is 49.7 Å². The van der Waals surface area contributed by atoms with Gasteiger partial charge in [0, 0.05) is 0 Å². The van der Waals surface area contributed by atoms with E-state index in [1.165, 1.54) is 89.9 Å². The van der Waals surface area contributed by atoms with E-state index in [9.17, 15) is 9.79 Å². The summed E-state index contributed by atoms with van der Waals surface area (Å²) in [5.74, 6) is 0.346. The maximum atomic E-state index is 9.55. The summed E-state index contributed by atoms with van der Waals surface area (Å²) >= 11 is 0. The van der Waals surface area contributed by atoms with Gasteiger partial charge in [-0.15, -0.1) is 0 Å². The zero-order chi connectivity index (χ0) is 23.3. The van der Waals surface area contributed by atoms with Crippen molar-refractivity contribution in [3.8, 4) is 0 Å². The van der Waals surface area contributed by atoms with Crippen molar-refractivity contribution in [1.29, 1.82) is 0 Å². The Kier molecular flexibility index (Phi) is 19.5. The molecule has 186 valence electrons. The van der Waals surface area contributed by atoms with Gasteiger partial charge in [-0.1, -0.05) is 147 Å². The van der Waals surface area contributed by atoms with Crippen molar-refractivity contribution in [1.82, 2.24) is 0 Å². The number of benzene rings is 1. The third-order valence-corrected chi connectivity index (χ3v) is 7.04. The predicted molar refractivity (Wildman–Crippen MR) is 140 cm³/mol. The van der Waals surface area contributed by atoms with Crippen LogP contribution in [0.4, 0.5) is 0 Å². The normalized spacial score (nSPS) is 13.5. The smallest absolute Gasteiger partial charge is 0.327 e. The molecule has 1 aromatic rings. The molecular weight excluding hydrogens is 415 g/mol. The van der Waals surface area contributed by atoms with Crippen LogP contribution in [-0.2, 0) is 4.52 Å². The molecule has 1 aromatic carbocycles. The van der Waals surface area contributed by atoms with Crippen molar-refractivity contribution in [3.05, 3.63) is 35.9 Å². The molecule has 4 heteroatoms. The van der Waals surface area contributed by atoms with Gasteiger partial charge in [0.25, 0.3) is 0 Å². The standard InChI is InChI=1S/C28H51O3P/c1-3-5-7-8-9-10-11-12-13-14-15-16-17-19-23-26(22-6-4-2)28(31-32(29)30)27-24-20-18-21-25-27/h18,20-21,24-26,28-30H,3-17,19,22-23H2,1-2H3. The first kappa shape index (κ1) is 29.6. The van der Waals surface area contributed by atoms with Crippen LogP contribution >= 0.6 is 8.60 Å². The SMILES string of the molecule is CCCCCCCCCCCCCCCCC(CCCC)C(OP(O)O)c1ccccc1. The second-order valence-electron chi connectivity index (χ2n) is 9.48. The Morgan fingerprint density at radius 1 is 0.625 bits per heavy atom. The molecular formula is C28H51O3P. The summed E-state index contributed by atoms with van der Waals surface area (Å²) in [5, 5.41) is 0. The highest BCUT2D eigenvalue weighted by atomic mass is 31.2. The lowest BCUT2D eigenvalue weighted by molar-refractivity contribution is 0.101. The summed E-state index contributed by atoms with van der Waals surface area (Å²) in [6.45, 7) is 4.50. The van der Waals surface area contributed by atoms with E-state index in [0.29, 0.717) is 5.92 Å². The van der Waals surface area contributed by atoms with Gasteiger partial charge in [0.1, 0.15) is 0 Å². The van der Waals surface area contributed by atoms with Crippen molar-refractivity contribution in [3.63, 3.8) is 0 Å². The van der Waals surface area contributed by atoms with Crippen LogP contribution in [0.5, 0.6) is 0 Å². The van der Waals surface area contributed by atoms with Crippen LogP contribution in [0.2, 0.25) is 0 Å². The highest BCUT2D eigenvalue weighted by Gasteiger charge is 2.26. The van der Waals surface area contributed by atoms with Gasteiger partial charge in [-0.2, -0.15) is 0 Å². The molecule has 0 aliphatic carbocycles. The molecule has 0 aliphatic rings. The number of rotatable bonds is 22. The van der Waals surface area contributed by atoms with Gasteiger partial charge in [0.05, 0.1) is 6.10 Å². The third kappa shape index (κ3) is 15.4. The lowest BCUT2D eigenvalue weighted by atomic mass is 9.87. The Morgan fingerprint density at radius 3 is 1.53 bits per heavy atom. The van der Waals surface area contributed by atoms with Crippen molar-refractivity contribution in [2.24, 2.45) is 5.92 Å². The van der Waals surface area contributed by atoms with Crippen molar-refractivity contribution < 1.29 is 14.3 Å². The van der Waals surface area contributed by atoms with Gasteiger partial charge in [-0.3, -0.25) is 0 Å². The van der Waals surface area contributed by atoms with Gasteiger partial charge in [0.15, 0.2) is 0 Å². The summed E-state index contributed by atoms with van der Waals surface area (Å²) in [6.07, 6.45) is 23.5. The van der Waals surface area contributed by atoms with E-state index in [1.807, 2.05) is 30.3 Å². The first-order chi connectivity index (χ1) is 15.7. The Labute approximate surface area is 200 Å². The highest BCUT2D eigenvalue weighted by Crippen LogP contribution is 2.42. The summed E-state index contributed by atoms with van der Waals surface area (Å²) in [4.78, 5) is 19.1. The van der Waals surface area contributed by atoms with Crippen LogP contribution in [0.15, 0.2) is 30.3 Å². The summed E-state index contributed by atoms with van der Waals surface area (Å²) < 4.78 is 5.64. The molecule has 0 heterocycles. The zero-order valence-corrected chi connectivity index (χ0v) is 21.9. The quantitative estimate of drug-likeness (QED) is 0.132. The molecule has 0 bridgehead atoms. The molecule has 2 N–H and O–H groups in total. The van der Waals surface area contributed by atoms with Crippen LogP contribution in [-0.4, -0.2) is 9.79 Å². The van der Waals surface area contributed by atoms with Crippen molar-refractivity contribution >= 4 is 8.60 Å². The van der Waals surface area contributed by atoms with E-state index in [1.54, 1.807) is 0 Å². The van der Waals surface area contributed by atoms with E-state index in [4.69, 9.17) is 4.52 Å². The van der Waals surface area contributed by atoms with Crippen LogP contribution in [0.3, 0.4) is 0 Å². The average Bonchev–Trinajstić information content (AvgIpc) is 2.80. The zero-order valence-electron chi connectivity index (χ0n) is 21.0. The maximum Gasteiger partial charge on any atom is 0.327 e. The van der Waals surface area contributed by atoms with Crippen LogP contribution in [0.1, 0.15) is 141 Å². The molecule has 3 nitrogen and oxygen atoms in total. The summed E-state index contributed by atoms with van der Waals surface area (Å²) in [7, 11) is -2.35. The van der Waals surface area contributed by atoms with Crippen molar-refractivity contribution in [2.45, 2.75) is 136 Å². The molecule has 0 amide bonds. The lowest BCUT2D eigenvalue weighted by Crippen LogP contribution is -2.15. The second kappa shape index (κ2) is 21.1. The lowest BCUT2D eigenvalue weighted by Gasteiger charge is -2.28. The fourth-order valence-corrected chi connectivity index (χ4v) is 5.17. The maximum absolute atomic E-state index is 9.55. The van der Waals surface area contributed by atoms with E-state index in [2.05, 4.69) is 13.8 Å². The first-order valence-electron chi connectivity index (χ1n) is 13.6. The van der Waals surface area contributed by atoms with Gasteiger partial charge in [-0.05, 0) is 24.3 Å². The number of hydrogen-bond acceptors (Lipinski definition) is 3. The Hall–Kier alpha value is -0.470. The van der Waals surface area contributed by atoms with Gasteiger partial charge in [-0.25, -0.2) is 0 Å². The molecule has 0 aliphatic heterocycles. The molecule has 32 heavy (non-hydrogen) atoms. The molecule has 0 saturated heterocycles. The molecule has 2 atom stereocenters. The number of unbranched alkanes of at least 4 members (excludes halogenated alkanes) is 14. The van der Waals surface area contributed by atoms with E-state index in [-0.39, 0.29) is 6.10 Å². The van der Waals surface area contributed by atoms with Crippen molar-refractivity contribution in [2.75, 3.05) is 0 Å². The minimum Gasteiger partial charge on any atom is -0.328 e. The van der Waals surface area contributed by atoms with Gasteiger partial charge < -0.3 is 14.3 Å². The average molecular weight is 467 g/mol. The third-order valence-electron chi connectivity index (χ3n) is 6.62. The molecule has 1 rings (SSSR count). The highest BCUT2D eigenvalue weighted by molar-refractivity contribution is 7.39. The van der Waals surface area contributed by atoms with E-state index < -0.39 is 8.60 Å². The van der Waals surface area contributed by atoms with E-state index in [0.717, 1.165) is 31.2 Å². The van der Waals surface area contributed by atoms with Gasteiger partial charge >= 0.3 is 8.60 Å². The second-order valence-corrected chi connectivity index (χ2v) is 10.2. The van der Waals surface area contributed by atoms with Gasteiger partial charge in [0.2, 0.25) is 0 Å². The summed E-state index contributed by atoms with van der Waals surface area (Å²) in [6, 6.07) is 10.1. The fourth-order valence-electron chi connectivity index (χ4n) is 4.68. The van der Waals surface area contributed by atoms with Crippen LogP contribution in [0.25, 0.3) is 0 Å². The number of hydrogen-bond donors (Lipinski definition) is 2. The Balaban J connectivity index is 2.22. The first-order valence-corrected chi connectivity index (χ1v) is 14.7. The molecule has 0 spiro atoms. The molecule has 0 fully saturated rings. The van der Waals surface area contributed by atoms with Crippen LogP contribution < -0.4 is 0 Å². The van der Waals surface area contributed by atoms with Crippen LogP contribution in [0, 0.1) is 5.92 Å². The molecule has 0 saturated carbocycles. The predicted octanol–water partition coefficient (Wildman–Crippen LogP) is 9.63. The minimum absolute atomic E-state index is 0.217.